The Morgan fingerprint density at radius 3 is 2.92 bits per heavy atom. The van der Waals surface area contributed by atoms with Crippen LogP contribution in [0.4, 0.5) is 4.39 Å². The number of terminal acetylenes is 1. The number of rotatable bonds is 3. The molecule has 0 unspecified atom stereocenters. The zero-order valence-corrected chi connectivity index (χ0v) is 7.64. The van der Waals surface area contributed by atoms with Crippen LogP contribution in [0.15, 0.2) is 18.2 Å². The van der Waals surface area contributed by atoms with Crippen molar-refractivity contribution in [1.29, 1.82) is 0 Å². The van der Waals surface area contributed by atoms with Gasteiger partial charge in [-0.3, -0.25) is 0 Å². The maximum absolute atomic E-state index is 13.1. The molecule has 1 nitrogen and oxygen atoms in total. The van der Waals surface area contributed by atoms with Crippen LogP contribution < -0.4 is 0 Å². The van der Waals surface area contributed by atoms with Gasteiger partial charge < -0.3 is 4.74 Å². The summed E-state index contributed by atoms with van der Waals surface area (Å²) in [4.78, 5) is 0. The fourth-order valence-corrected chi connectivity index (χ4v) is 1.10. The van der Waals surface area contributed by atoms with E-state index in [1.54, 1.807) is 12.1 Å². The maximum atomic E-state index is 13.1. The summed E-state index contributed by atoms with van der Waals surface area (Å²) in [5, 5.41) is 0.358. The Hall–Kier alpha value is -1.04. The first-order chi connectivity index (χ1) is 6.25. The summed E-state index contributed by atoms with van der Waals surface area (Å²) in [6.07, 6.45) is 4.97. The molecule has 0 fully saturated rings. The topological polar surface area (TPSA) is 9.23 Å². The van der Waals surface area contributed by atoms with Crippen LogP contribution >= 0.6 is 11.6 Å². The molecular formula is C10H8ClFO. The highest BCUT2D eigenvalue weighted by atomic mass is 35.5. The molecule has 68 valence electrons. The predicted molar refractivity (Wildman–Crippen MR) is 49.9 cm³/mol. The molecule has 0 aliphatic heterocycles. The number of hydrogen-bond donors (Lipinski definition) is 0. The van der Waals surface area contributed by atoms with E-state index in [4.69, 9.17) is 22.8 Å². The second-order valence-electron chi connectivity index (χ2n) is 2.40. The highest BCUT2D eigenvalue weighted by molar-refractivity contribution is 6.31. The third-order valence-electron chi connectivity index (χ3n) is 1.49. The van der Waals surface area contributed by atoms with E-state index in [1.807, 2.05) is 0 Å². The summed E-state index contributed by atoms with van der Waals surface area (Å²) in [5.41, 5.74) is 0.347. The van der Waals surface area contributed by atoms with E-state index in [0.29, 0.717) is 10.6 Å². The van der Waals surface area contributed by atoms with E-state index in [1.165, 1.54) is 6.07 Å². The van der Waals surface area contributed by atoms with Crippen molar-refractivity contribution in [3.05, 3.63) is 34.6 Å². The van der Waals surface area contributed by atoms with Gasteiger partial charge in [0.2, 0.25) is 0 Å². The molecule has 0 radical (unpaired) electrons. The zero-order chi connectivity index (χ0) is 9.68. The molecule has 0 heterocycles. The van der Waals surface area contributed by atoms with E-state index in [9.17, 15) is 4.39 Å². The summed E-state index contributed by atoms with van der Waals surface area (Å²) in [6, 6.07) is 4.49. The number of benzene rings is 1. The van der Waals surface area contributed by atoms with Crippen LogP contribution in [-0.4, -0.2) is 6.61 Å². The molecule has 13 heavy (non-hydrogen) atoms. The van der Waals surface area contributed by atoms with Gasteiger partial charge in [0, 0.05) is 10.6 Å². The second-order valence-corrected chi connectivity index (χ2v) is 2.80. The van der Waals surface area contributed by atoms with Crippen LogP contribution in [0.2, 0.25) is 5.02 Å². The van der Waals surface area contributed by atoms with E-state index in [2.05, 4.69) is 5.92 Å². The molecule has 0 spiro atoms. The average Bonchev–Trinajstić information content (AvgIpc) is 2.10. The minimum atomic E-state index is -0.371. The average molecular weight is 199 g/mol. The minimum absolute atomic E-state index is 0.107. The van der Waals surface area contributed by atoms with Crippen LogP contribution in [0, 0.1) is 18.2 Å². The second kappa shape index (κ2) is 4.86. The van der Waals surface area contributed by atoms with Gasteiger partial charge in [-0.2, -0.15) is 0 Å². The van der Waals surface area contributed by atoms with Crippen LogP contribution in [0.3, 0.4) is 0 Å². The lowest BCUT2D eigenvalue weighted by atomic mass is 10.2. The van der Waals surface area contributed by atoms with Crippen LogP contribution in [0.1, 0.15) is 5.56 Å². The van der Waals surface area contributed by atoms with Crippen molar-refractivity contribution in [2.75, 3.05) is 6.61 Å². The lowest BCUT2D eigenvalue weighted by Gasteiger charge is -2.04. The highest BCUT2D eigenvalue weighted by Crippen LogP contribution is 2.19. The molecule has 0 saturated heterocycles. The Labute approximate surface area is 81.5 Å². The van der Waals surface area contributed by atoms with E-state index < -0.39 is 0 Å². The van der Waals surface area contributed by atoms with Gasteiger partial charge in [0.1, 0.15) is 12.4 Å². The molecule has 0 saturated carbocycles. The molecule has 1 aromatic rings. The molecule has 0 aromatic heterocycles. The largest absolute Gasteiger partial charge is 0.364 e. The summed E-state index contributed by atoms with van der Waals surface area (Å²) in [7, 11) is 0. The Bertz CT molecular complexity index is 310. The highest BCUT2D eigenvalue weighted by Gasteiger charge is 2.05. The number of hydrogen-bond acceptors (Lipinski definition) is 1. The van der Waals surface area contributed by atoms with Crippen molar-refractivity contribution in [3.63, 3.8) is 0 Å². The molecule has 1 rings (SSSR count). The van der Waals surface area contributed by atoms with Gasteiger partial charge in [0.15, 0.2) is 0 Å². The Morgan fingerprint density at radius 2 is 2.31 bits per heavy atom. The predicted octanol–water partition coefficient (Wildman–Crippen LogP) is 2.63. The standard InChI is InChI=1S/C10H8ClFO/c1-2-6-13-7-8-9(11)4-3-5-10(8)12/h1,3-5H,6-7H2. The summed E-state index contributed by atoms with van der Waals surface area (Å²) < 4.78 is 18.0. The Kier molecular flexibility index (Phi) is 3.75. The molecule has 0 amide bonds. The maximum Gasteiger partial charge on any atom is 0.130 e. The molecule has 3 heteroatoms. The van der Waals surface area contributed by atoms with Crippen LogP contribution in [0.25, 0.3) is 0 Å². The zero-order valence-electron chi connectivity index (χ0n) is 6.89. The molecule has 0 N–H and O–H groups in total. The van der Waals surface area contributed by atoms with Crippen molar-refractivity contribution in [1.82, 2.24) is 0 Å². The van der Waals surface area contributed by atoms with Crippen molar-refractivity contribution >= 4 is 11.6 Å². The van der Waals surface area contributed by atoms with Gasteiger partial charge in [-0.15, -0.1) is 6.42 Å². The third-order valence-corrected chi connectivity index (χ3v) is 1.85. The summed E-state index contributed by atoms with van der Waals surface area (Å²) in [5.74, 6) is 1.92. The van der Waals surface area contributed by atoms with Gasteiger partial charge in [-0.25, -0.2) is 4.39 Å². The van der Waals surface area contributed by atoms with Gasteiger partial charge in [-0.1, -0.05) is 23.6 Å². The third kappa shape index (κ3) is 2.73. The monoisotopic (exact) mass is 198 g/mol. The number of ether oxygens (including phenoxy) is 1. The van der Waals surface area contributed by atoms with Crippen LogP contribution in [0.5, 0.6) is 0 Å². The lowest BCUT2D eigenvalue weighted by Crippen LogP contribution is -1.97. The van der Waals surface area contributed by atoms with E-state index in [0.717, 1.165) is 0 Å². The summed E-state index contributed by atoms with van der Waals surface area (Å²) >= 11 is 5.74. The van der Waals surface area contributed by atoms with E-state index in [-0.39, 0.29) is 19.0 Å². The molecule has 0 atom stereocenters. The Balaban J connectivity index is 2.71. The molecule has 0 aliphatic rings. The summed E-state index contributed by atoms with van der Waals surface area (Å²) in [6.45, 7) is 0.264. The molecular weight excluding hydrogens is 191 g/mol. The van der Waals surface area contributed by atoms with Crippen molar-refractivity contribution in [2.45, 2.75) is 6.61 Å². The first kappa shape index (κ1) is 10.0. The quantitative estimate of drug-likeness (QED) is 0.536. The minimum Gasteiger partial charge on any atom is -0.364 e. The molecule has 0 bridgehead atoms. The number of halogens is 2. The Morgan fingerprint density at radius 1 is 1.54 bits per heavy atom. The first-order valence-corrected chi connectivity index (χ1v) is 4.07. The lowest BCUT2D eigenvalue weighted by molar-refractivity contribution is 0.150. The smallest absolute Gasteiger partial charge is 0.130 e. The fourth-order valence-electron chi connectivity index (χ4n) is 0.882. The first-order valence-electron chi connectivity index (χ1n) is 3.70. The normalized spacial score (nSPS) is 9.62. The van der Waals surface area contributed by atoms with Gasteiger partial charge in [-0.05, 0) is 12.1 Å². The SMILES string of the molecule is C#CCOCc1c(F)cccc1Cl. The van der Waals surface area contributed by atoms with Gasteiger partial charge in [0.25, 0.3) is 0 Å². The van der Waals surface area contributed by atoms with Crippen LogP contribution in [-0.2, 0) is 11.3 Å². The van der Waals surface area contributed by atoms with E-state index >= 15 is 0 Å². The van der Waals surface area contributed by atoms with Crippen molar-refractivity contribution in [2.24, 2.45) is 0 Å². The van der Waals surface area contributed by atoms with Crippen molar-refractivity contribution in [3.8, 4) is 12.3 Å². The van der Waals surface area contributed by atoms with Crippen molar-refractivity contribution < 1.29 is 9.13 Å². The van der Waals surface area contributed by atoms with Gasteiger partial charge in [0.05, 0.1) is 6.61 Å². The molecule has 1 aromatic carbocycles. The fraction of sp³-hybridized carbons (Fsp3) is 0.200. The van der Waals surface area contributed by atoms with Gasteiger partial charge >= 0.3 is 0 Å². The molecule has 0 aliphatic carbocycles.